The van der Waals surface area contributed by atoms with Gasteiger partial charge in [0.05, 0.1) is 42.4 Å². The molecule has 2 saturated heterocycles. The third kappa shape index (κ3) is 12.9. The molecule has 3 aliphatic heterocycles. The van der Waals surface area contributed by atoms with Crippen molar-refractivity contribution in [1.29, 1.82) is 0 Å². The molecule has 1 aromatic heterocycles. The molecular weight excluding hydrogens is 909 g/mol. The maximum absolute atomic E-state index is 14.6. The lowest BCUT2D eigenvalue weighted by atomic mass is 9.81. The first-order chi connectivity index (χ1) is 33.3. The van der Waals surface area contributed by atoms with Gasteiger partial charge in [-0.05, 0) is 114 Å². The van der Waals surface area contributed by atoms with Crippen LogP contribution < -0.4 is 0 Å². The Morgan fingerprint density at radius 1 is 0.943 bits per heavy atom. The Balaban J connectivity index is 1.26. The van der Waals surface area contributed by atoms with Crippen LogP contribution in [0.4, 0.5) is 8.78 Å². The molecule has 1 aliphatic carbocycles. The number of hydrogen-bond acceptors (Lipinski definition) is 13. The Labute approximate surface area is 411 Å². The monoisotopic (exact) mass is 984 g/mol. The van der Waals surface area contributed by atoms with Gasteiger partial charge in [0, 0.05) is 57.6 Å². The van der Waals surface area contributed by atoms with Crippen molar-refractivity contribution in [2.45, 2.75) is 173 Å². The van der Waals surface area contributed by atoms with Gasteiger partial charge in [0.1, 0.15) is 36.5 Å². The second-order valence-corrected chi connectivity index (χ2v) is 20.3. The third-order valence-electron chi connectivity index (χ3n) is 15.2. The van der Waals surface area contributed by atoms with Gasteiger partial charge in [0.25, 0.3) is 11.7 Å². The summed E-state index contributed by atoms with van der Waals surface area (Å²) in [6.07, 6.45) is 5.18. The molecule has 2 bridgehead atoms. The molecule has 1 saturated carbocycles. The molecule has 0 unspecified atom stereocenters. The van der Waals surface area contributed by atoms with Gasteiger partial charge >= 0.3 is 5.97 Å². The van der Waals surface area contributed by atoms with Gasteiger partial charge in [0.15, 0.2) is 11.6 Å². The van der Waals surface area contributed by atoms with E-state index in [1.165, 1.54) is 31.4 Å². The summed E-state index contributed by atoms with van der Waals surface area (Å²) in [4.78, 5) is 66.0. The third-order valence-corrected chi connectivity index (χ3v) is 15.2. The topological polar surface area (TPSA) is 196 Å². The number of aromatic amines is 1. The second-order valence-electron chi connectivity index (χ2n) is 20.3. The van der Waals surface area contributed by atoms with Gasteiger partial charge in [0.2, 0.25) is 5.79 Å². The molecule has 4 aliphatic rings. The summed E-state index contributed by atoms with van der Waals surface area (Å²) in [6, 6.07) is 2.44. The molecule has 388 valence electrons. The number of amides is 1. The van der Waals surface area contributed by atoms with Gasteiger partial charge in [-0.2, -0.15) is 0 Å². The highest BCUT2D eigenvalue weighted by molar-refractivity contribution is 6.39. The number of ketones is 2. The van der Waals surface area contributed by atoms with Crippen molar-refractivity contribution in [2.24, 2.45) is 29.6 Å². The molecule has 3 N–H and O–H groups in total. The fraction of sp³-hybridized carbons (Fsp3) is 0.679. The summed E-state index contributed by atoms with van der Waals surface area (Å²) in [6.45, 7) is 11.3. The summed E-state index contributed by atoms with van der Waals surface area (Å²) in [5.41, 5.74) is 2.57. The normalized spacial score (nSPS) is 35.6. The van der Waals surface area contributed by atoms with Crippen LogP contribution in [0.5, 0.6) is 0 Å². The zero-order valence-corrected chi connectivity index (χ0v) is 42.3. The van der Waals surface area contributed by atoms with Gasteiger partial charge < -0.3 is 48.5 Å². The lowest BCUT2D eigenvalue weighted by Crippen LogP contribution is -2.64. The van der Waals surface area contributed by atoms with E-state index in [1.807, 2.05) is 39.8 Å². The average Bonchev–Trinajstić information content (AvgIpc) is 3.83. The van der Waals surface area contributed by atoms with E-state index in [-0.39, 0.29) is 62.2 Å². The highest BCUT2D eigenvalue weighted by Gasteiger charge is 2.56. The molecule has 17 heteroatoms. The number of hydrogen-bond donors (Lipinski definition) is 3. The highest BCUT2D eigenvalue weighted by atomic mass is 19.2. The number of nitrogens with one attached hydrogen (secondary N) is 1. The standard InChI is InChI=1S/C53H75F2N3O12/c1-10-35-20-29(2)19-30(3)21-45(66-8)49-46(67-9)23-32(5)53(64,70-49)50(61)51(62)58-18-12-11-13-40(58)52(63)69-48(33(6)41(59)26-42(35)60)31(4)22-34-14-17-43(44(24-34)65-7)68-28-47-56-27-39(57-47)36-15-16-37(54)38(55)25-36/h15-16,20,22,25,27,30,32-35,40-41,43-46,48-49,59,64H,10-14,17-19,21,23-24,26,28H2,1-9H3,(H,56,57)/b29-20+,31-22+/t30-,32+,33+,34-,35+,40-,41-,43+,44+,45-,46-,48+,49+,53+/m0/s1. The number of methoxy groups -OCH3 is 3. The lowest BCUT2D eigenvalue weighted by molar-refractivity contribution is -0.302. The summed E-state index contributed by atoms with van der Waals surface area (Å²) >= 11 is 0. The number of imidazole rings is 1. The second kappa shape index (κ2) is 24.5. The van der Waals surface area contributed by atoms with Crippen LogP contribution in [0, 0.1) is 41.2 Å². The highest BCUT2D eigenvalue weighted by Crippen LogP contribution is 2.40. The molecule has 2 aromatic rings. The average molecular weight is 984 g/mol. The summed E-state index contributed by atoms with van der Waals surface area (Å²) < 4.78 is 64.1. The fourth-order valence-electron chi connectivity index (χ4n) is 11.0. The minimum atomic E-state index is -2.54. The molecule has 15 nitrogen and oxygen atoms in total. The number of benzene rings is 1. The first kappa shape index (κ1) is 55.1. The largest absolute Gasteiger partial charge is 0.456 e. The van der Waals surface area contributed by atoms with E-state index >= 15 is 0 Å². The van der Waals surface area contributed by atoms with Crippen LogP contribution in [-0.4, -0.2) is 131 Å². The number of cyclic esters (lactones) is 1. The number of aliphatic hydroxyl groups is 2. The smallest absolute Gasteiger partial charge is 0.329 e. The van der Waals surface area contributed by atoms with Gasteiger partial charge in [-0.3, -0.25) is 14.4 Å². The summed E-state index contributed by atoms with van der Waals surface area (Å²) in [5.74, 6) is -9.25. The number of esters is 1. The molecule has 1 amide bonds. The number of aromatic nitrogens is 2. The van der Waals surface area contributed by atoms with Crippen molar-refractivity contribution in [3.63, 3.8) is 0 Å². The molecule has 4 heterocycles. The number of nitrogens with zero attached hydrogens (tertiary/aromatic N) is 2. The predicted molar refractivity (Wildman–Crippen MR) is 255 cm³/mol. The van der Waals surface area contributed by atoms with Crippen LogP contribution in [0.1, 0.15) is 118 Å². The molecular formula is C53H75F2N3O12. The minimum Gasteiger partial charge on any atom is -0.456 e. The number of aliphatic hydroxyl groups excluding tert-OH is 1. The van der Waals surface area contributed by atoms with Crippen molar-refractivity contribution in [3.8, 4) is 11.3 Å². The number of carbonyl (C=O) groups is 4. The summed E-state index contributed by atoms with van der Waals surface area (Å²) in [5, 5.41) is 24.0. The molecule has 6 rings (SSSR count). The maximum Gasteiger partial charge on any atom is 0.329 e. The minimum absolute atomic E-state index is 0.00778. The molecule has 0 spiro atoms. The van der Waals surface area contributed by atoms with Crippen molar-refractivity contribution in [1.82, 2.24) is 14.9 Å². The molecule has 14 atom stereocenters. The van der Waals surface area contributed by atoms with E-state index in [0.717, 1.165) is 17.7 Å². The molecule has 70 heavy (non-hydrogen) atoms. The zero-order valence-electron chi connectivity index (χ0n) is 42.3. The number of rotatable bonds is 10. The lowest BCUT2D eigenvalue weighted by Gasteiger charge is -2.47. The van der Waals surface area contributed by atoms with E-state index in [4.69, 9.17) is 28.4 Å². The number of halogens is 2. The number of allylic oxidation sites excluding steroid dienone is 3. The Hall–Kier alpha value is -4.23. The first-order valence-electron chi connectivity index (χ1n) is 25.0. The Bertz CT molecular complexity index is 2200. The van der Waals surface area contributed by atoms with E-state index < -0.39 is 89.4 Å². The number of H-pyrrole nitrogens is 1. The van der Waals surface area contributed by atoms with Crippen molar-refractivity contribution >= 4 is 23.4 Å². The van der Waals surface area contributed by atoms with Gasteiger partial charge in [-0.15, -0.1) is 0 Å². The van der Waals surface area contributed by atoms with Crippen molar-refractivity contribution in [3.05, 3.63) is 65.2 Å². The van der Waals surface area contributed by atoms with Crippen LogP contribution in [0.15, 0.2) is 47.7 Å². The number of piperidine rings is 1. The van der Waals surface area contributed by atoms with Crippen LogP contribution in [0.25, 0.3) is 11.3 Å². The van der Waals surface area contributed by atoms with Crippen molar-refractivity contribution < 1.29 is 66.6 Å². The fourth-order valence-corrected chi connectivity index (χ4v) is 11.0. The first-order valence-corrected chi connectivity index (χ1v) is 25.0. The Morgan fingerprint density at radius 3 is 2.34 bits per heavy atom. The molecule has 1 aromatic carbocycles. The van der Waals surface area contributed by atoms with E-state index in [2.05, 4.69) is 9.97 Å². The van der Waals surface area contributed by atoms with Gasteiger partial charge in [-0.25, -0.2) is 18.6 Å². The van der Waals surface area contributed by atoms with Crippen LogP contribution in [0.3, 0.4) is 0 Å². The molecule has 0 radical (unpaired) electrons. The number of ether oxygens (including phenoxy) is 6. The van der Waals surface area contributed by atoms with Gasteiger partial charge in [-0.1, -0.05) is 45.4 Å². The van der Waals surface area contributed by atoms with Crippen molar-refractivity contribution in [2.75, 3.05) is 27.9 Å². The number of fused-ring (bicyclic) bond motifs is 3. The predicted octanol–water partition coefficient (Wildman–Crippen LogP) is 7.37. The quantitative estimate of drug-likeness (QED) is 0.121. The number of carbonyl (C=O) groups excluding carboxylic acids is 4. The zero-order chi connectivity index (χ0) is 51.0. The summed E-state index contributed by atoms with van der Waals surface area (Å²) in [7, 11) is 4.65. The number of Topliss-reactive ketones (excluding diaryl/α,β-unsaturated/α-hetero) is 2. The van der Waals surface area contributed by atoms with E-state index in [9.17, 15) is 38.2 Å². The van der Waals surface area contributed by atoms with E-state index in [1.54, 1.807) is 21.0 Å². The Kier molecular flexibility index (Phi) is 19.3. The van der Waals surface area contributed by atoms with E-state index in [0.29, 0.717) is 74.0 Å². The maximum atomic E-state index is 14.6. The van der Waals surface area contributed by atoms with Crippen LogP contribution in [0.2, 0.25) is 0 Å². The van der Waals surface area contributed by atoms with Crippen LogP contribution >= 0.6 is 0 Å². The Morgan fingerprint density at radius 2 is 1.66 bits per heavy atom. The SMILES string of the molecule is CC[C@@H]1/C=C(\C)C[C@H](C)C[C@H](OC)[C@H]2O[C@@](O)(C(=O)C(=O)N3CCCC[C@H]3C(=O)O[C@H](/C(C)=C/[C@@H]3CC[C@@H](OCc4ncc(-c5ccc(F)c(F)c5)[nH]4)[C@H](OC)C3)[C@H](C)[C@@H](O)CC1=O)[C@H](C)C[C@@H]2OC. The molecule has 3 fully saturated rings. The van der Waals surface area contributed by atoms with Crippen LogP contribution in [-0.2, 0) is 54.2 Å².